The molecule has 1 fully saturated rings. The topological polar surface area (TPSA) is 46.1 Å². The van der Waals surface area contributed by atoms with Crippen molar-refractivity contribution in [3.05, 3.63) is 24.0 Å². The van der Waals surface area contributed by atoms with Crippen LogP contribution in [0.4, 0.5) is 0 Å². The lowest BCUT2D eigenvalue weighted by molar-refractivity contribution is -0.121. The van der Waals surface area contributed by atoms with E-state index in [0.29, 0.717) is 18.5 Å². The molecule has 2 N–H and O–H groups in total. The van der Waals surface area contributed by atoms with Crippen molar-refractivity contribution in [1.82, 2.24) is 15.2 Å². The van der Waals surface area contributed by atoms with Crippen molar-refractivity contribution in [2.24, 2.45) is 0 Å². The quantitative estimate of drug-likeness (QED) is 0.774. The van der Waals surface area contributed by atoms with Gasteiger partial charge in [0.1, 0.15) is 0 Å². The normalized spacial score (nSPS) is 16.6. The molecule has 100 valence electrons. The number of hydrogen-bond acceptors (Lipinski definition) is 2. The van der Waals surface area contributed by atoms with E-state index < -0.39 is 0 Å². The van der Waals surface area contributed by atoms with Crippen LogP contribution in [0.15, 0.2) is 18.5 Å². The number of carbonyl (C=O) groups excluding carboxylic acids is 1. The minimum absolute atomic E-state index is 0.174. The van der Waals surface area contributed by atoms with Crippen LogP contribution in [0.5, 0.6) is 0 Å². The molecule has 0 spiro atoms. The van der Waals surface area contributed by atoms with Crippen molar-refractivity contribution in [1.29, 1.82) is 0 Å². The van der Waals surface area contributed by atoms with Crippen molar-refractivity contribution in [2.75, 3.05) is 7.05 Å². The largest absolute Gasteiger partial charge is 0.353 e. The Hall–Kier alpha value is -1.29. The monoisotopic (exact) mass is 249 g/mol. The van der Waals surface area contributed by atoms with Gasteiger partial charge in [0, 0.05) is 37.4 Å². The second-order valence-corrected chi connectivity index (χ2v) is 5.02. The minimum Gasteiger partial charge on any atom is -0.353 e. The zero-order chi connectivity index (χ0) is 13.0. The fourth-order valence-electron chi connectivity index (χ4n) is 2.17. The van der Waals surface area contributed by atoms with E-state index in [2.05, 4.69) is 40.6 Å². The van der Waals surface area contributed by atoms with E-state index in [1.54, 1.807) is 0 Å². The van der Waals surface area contributed by atoms with E-state index in [9.17, 15) is 4.79 Å². The lowest BCUT2D eigenvalue weighted by Crippen LogP contribution is -2.26. The molecule has 1 aliphatic carbocycles. The van der Waals surface area contributed by atoms with Crippen LogP contribution in [-0.4, -0.2) is 23.6 Å². The van der Waals surface area contributed by atoms with Crippen LogP contribution in [0.2, 0.25) is 0 Å². The van der Waals surface area contributed by atoms with Gasteiger partial charge in [0.25, 0.3) is 0 Å². The molecule has 1 saturated carbocycles. The number of nitrogens with zero attached hydrogens (tertiary/aromatic N) is 1. The van der Waals surface area contributed by atoms with Crippen LogP contribution in [0.25, 0.3) is 0 Å². The Balaban J connectivity index is 1.80. The molecule has 0 bridgehead atoms. The van der Waals surface area contributed by atoms with Crippen LogP contribution in [0.1, 0.15) is 44.2 Å². The third-order valence-electron chi connectivity index (χ3n) is 3.47. The van der Waals surface area contributed by atoms with Gasteiger partial charge in [-0.1, -0.05) is 6.92 Å². The number of nitrogens with one attached hydrogen (secondary N) is 2. The van der Waals surface area contributed by atoms with Crippen LogP contribution >= 0.6 is 0 Å². The number of amides is 1. The molecular weight excluding hydrogens is 226 g/mol. The number of carbonyl (C=O) groups is 1. The van der Waals surface area contributed by atoms with E-state index in [-0.39, 0.29) is 5.91 Å². The first kappa shape index (κ1) is 13.1. The summed E-state index contributed by atoms with van der Waals surface area (Å²) < 4.78 is 2.10. The van der Waals surface area contributed by atoms with Gasteiger partial charge in [-0.15, -0.1) is 0 Å². The summed E-state index contributed by atoms with van der Waals surface area (Å²) in [5.74, 6) is 0.174. The van der Waals surface area contributed by atoms with Gasteiger partial charge in [-0.25, -0.2) is 0 Å². The van der Waals surface area contributed by atoms with E-state index in [4.69, 9.17) is 0 Å². The van der Waals surface area contributed by atoms with Gasteiger partial charge in [0.2, 0.25) is 5.91 Å². The molecule has 1 atom stereocenters. The molecule has 1 heterocycles. The first-order chi connectivity index (χ1) is 8.72. The van der Waals surface area contributed by atoms with E-state index in [0.717, 1.165) is 25.8 Å². The summed E-state index contributed by atoms with van der Waals surface area (Å²) in [4.78, 5) is 11.6. The molecule has 0 radical (unpaired) electrons. The third-order valence-corrected chi connectivity index (χ3v) is 3.47. The SMILES string of the molecule is CCC(NC)c1ccn(CCC(=O)NC2CC2)c1. The smallest absolute Gasteiger partial charge is 0.222 e. The van der Waals surface area contributed by atoms with Gasteiger partial charge in [-0.3, -0.25) is 4.79 Å². The van der Waals surface area contributed by atoms with Crippen molar-refractivity contribution in [2.45, 2.75) is 51.2 Å². The van der Waals surface area contributed by atoms with E-state index in [1.165, 1.54) is 5.56 Å². The molecule has 0 saturated heterocycles. The Kier molecular flexibility index (Phi) is 4.42. The summed E-state index contributed by atoms with van der Waals surface area (Å²) >= 11 is 0. The minimum atomic E-state index is 0.174. The maximum Gasteiger partial charge on any atom is 0.222 e. The van der Waals surface area contributed by atoms with Gasteiger partial charge in [-0.05, 0) is 37.9 Å². The fourth-order valence-corrected chi connectivity index (χ4v) is 2.17. The van der Waals surface area contributed by atoms with Crippen molar-refractivity contribution in [3.8, 4) is 0 Å². The zero-order valence-electron chi connectivity index (χ0n) is 11.3. The van der Waals surface area contributed by atoms with Gasteiger partial charge < -0.3 is 15.2 Å². The maximum atomic E-state index is 11.6. The summed E-state index contributed by atoms with van der Waals surface area (Å²) in [5, 5.41) is 6.30. The lowest BCUT2D eigenvalue weighted by atomic mass is 10.1. The molecule has 0 aliphatic heterocycles. The van der Waals surface area contributed by atoms with Crippen molar-refractivity contribution < 1.29 is 4.79 Å². The molecule has 2 rings (SSSR count). The average molecular weight is 249 g/mol. The molecule has 1 aliphatic rings. The van der Waals surface area contributed by atoms with E-state index in [1.807, 2.05) is 7.05 Å². The predicted molar refractivity (Wildman–Crippen MR) is 72.3 cm³/mol. The molecule has 4 nitrogen and oxygen atoms in total. The average Bonchev–Trinajstić information content (AvgIpc) is 3.05. The first-order valence-electron chi connectivity index (χ1n) is 6.85. The molecule has 4 heteroatoms. The highest BCUT2D eigenvalue weighted by Gasteiger charge is 2.22. The fraction of sp³-hybridized carbons (Fsp3) is 0.643. The maximum absolute atomic E-state index is 11.6. The van der Waals surface area contributed by atoms with Gasteiger partial charge in [-0.2, -0.15) is 0 Å². The Morgan fingerprint density at radius 2 is 2.33 bits per heavy atom. The second kappa shape index (κ2) is 6.05. The molecule has 1 amide bonds. The summed E-state index contributed by atoms with van der Waals surface area (Å²) in [7, 11) is 1.98. The lowest BCUT2D eigenvalue weighted by Gasteiger charge is -2.11. The first-order valence-corrected chi connectivity index (χ1v) is 6.85. The Morgan fingerprint density at radius 3 is 2.94 bits per heavy atom. The van der Waals surface area contributed by atoms with Gasteiger partial charge in [0.05, 0.1) is 0 Å². The number of aromatic nitrogens is 1. The Bertz CT molecular complexity index is 391. The summed E-state index contributed by atoms with van der Waals surface area (Å²) in [6.07, 6.45) is 8.14. The molecule has 1 aromatic rings. The number of rotatable bonds is 7. The van der Waals surface area contributed by atoms with Crippen LogP contribution in [0.3, 0.4) is 0 Å². The molecule has 0 aromatic carbocycles. The Labute approximate surface area is 109 Å². The summed E-state index contributed by atoms with van der Waals surface area (Å²) in [5.41, 5.74) is 1.29. The zero-order valence-corrected chi connectivity index (χ0v) is 11.3. The third kappa shape index (κ3) is 3.60. The highest BCUT2D eigenvalue weighted by molar-refractivity contribution is 5.76. The van der Waals surface area contributed by atoms with Gasteiger partial charge >= 0.3 is 0 Å². The Morgan fingerprint density at radius 1 is 1.56 bits per heavy atom. The van der Waals surface area contributed by atoms with Crippen molar-refractivity contribution >= 4 is 5.91 Å². The predicted octanol–water partition coefficient (Wildman–Crippen LogP) is 1.83. The molecular formula is C14H23N3O. The van der Waals surface area contributed by atoms with Crippen LogP contribution < -0.4 is 10.6 Å². The van der Waals surface area contributed by atoms with E-state index >= 15 is 0 Å². The molecule has 1 unspecified atom stereocenters. The molecule has 18 heavy (non-hydrogen) atoms. The highest BCUT2D eigenvalue weighted by Crippen LogP contribution is 2.19. The number of hydrogen-bond donors (Lipinski definition) is 2. The summed E-state index contributed by atoms with van der Waals surface area (Å²) in [6, 6.07) is 3.00. The van der Waals surface area contributed by atoms with Crippen LogP contribution in [0, 0.1) is 0 Å². The van der Waals surface area contributed by atoms with Crippen molar-refractivity contribution in [3.63, 3.8) is 0 Å². The summed E-state index contributed by atoms with van der Waals surface area (Å²) in [6.45, 7) is 2.93. The second-order valence-electron chi connectivity index (χ2n) is 5.02. The van der Waals surface area contributed by atoms with Crippen LogP contribution in [-0.2, 0) is 11.3 Å². The highest BCUT2D eigenvalue weighted by atomic mass is 16.1. The van der Waals surface area contributed by atoms with Gasteiger partial charge in [0.15, 0.2) is 0 Å². The standard InChI is InChI=1S/C14H23N3O/c1-3-13(15-2)11-6-8-17(10-11)9-7-14(18)16-12-4-5-12/h6,8,10,12-13,15H,3-5,7,9H2,1-2H3,(H,16,18). The molecule has 1 aromatic heterocycles. The number of aryl methyl sites for hydroxylation is 1.